The first kappa shape index (κ1) is 23.9. The van der Waals surface area contributed by atoms with Crippen molar-refractivity contribution in [1.82, 2.24) is 0 Å². The lowest BCUT2D eigenvalue weighted by Crippen LogP contribution is -2.57. The summed E-state index contributed by atoms with van der Waals surface area (Å²) in [5.41, 5.74) is 1.99. The van der Waals surface area contributed by atoms with Gasteiger partial charge in [0.05, 0.1) is 19.3 Å². The first-order chi connectivity index (χ1) is 15.4. The molecule has 1 heterocycles. The van der Waals surface area contributed by atoms with Gasteiger partial charge in [-0.05, 0) is 11.1 Å². The Bertz CT molecular complexity index is 855. The molecule has 0 N–H and O–H groups in total. The number of hydrogen-bond acceptors (Lipinski definition) is 7. The molecule has 0 aromatic heterocycles. The Morgan fingerprint density at radius 2 is 1.34 bits per heavy atom. The molecule has 1 aliphatic rings. The van der Waals surface area contributed by atoms with Crippen LogP contribution in [0.3, 0.4) is 0 Å². The van der Waals surface area contributed by atoms with Crippen molar-refractivity contribution in [2.24, 2.45) is 5.92 Å². The predicted octanol–water partition coefficient (Wildman–Crippen LogP) is 3.64. The van der Waals surface area contributed by atoms with Crippen molar-refractivity contribution in [1.29, 1.82) is 0 Å². The molecule has 0 unspecified atom stereocenters. The third kappa shape index (κ3) is 6.88. The molecule has 32 heavy (non-hydrogen) atoms. The van der Waals surface area contributed by atoms with Crippen molar-refractivity contribution in [2.75, 3.05) is 6.61 Å². The second-order valence-electron chi connectivity index (χ2n) is 7.84. The number of carbonyl (C=O) groups is 2. The van der Waals surface area contributed by atoms with Crippen LogP contribution in [0, 0.1) is 5.92 Å². The van der Waals surface area contributed by atoms with Gasteiger partial charge in [0.15, 0.2) is 0 Å². The SMILES string of the molecule is CC(=O)OC[C@H]1O[C@H](OC(C)=O)[C@H](OCc2ccccc2)[C@@H](OCc2ccccc2)[C@@H]1C. The number of esters is 2. The number of carbonyl (C=O) groups excluding carboxylic acids is 2. The quantitative estimate of drug-likeness (QED) is 0.549. The van der Waals surface area contributed by atoms with Crippen molar-refractivity contribution in [3.05, 3.63) is 71.8 Å². The highest BCUT2D eigenvalue weighted by Crippen LogP contribution is 2.32. The minimum atomic E-state index is -0.992. The van der Waals surface area contributed by atoms with E-state index in [2.05, 4.69) is 0 Å². The topological polar surface area (TPSA) is 80.3 Å². The Kier molecular flexibility index (Phi) is 8.79. The molecule has 0 amide bonds. The molecule has 7 heteroatoms. The molecule has 172 valence electrons. The summed E-state index contributed by atoms with van der Waals surface area (Å²) in [5, 5.41) is 0. The van der Waals surface area contributed by atoms with Crippen LogP contribution in [0.25, 0.3) is 0 Å². The summed E-state index contributed by atoms with van der Waals surface area (Å²) >= 11 is 0. The molecule has 0 saturated carbocycles. The van der Waals surface area contributed by atoms with Gasteiger partial charge in [0, 0.05) is 19.8 Å². The van der Waals surface area contributed by atoms with Crippen molar-refractivity contribution in [3.63, 3.8) is 0 Å². The van der Waals surface area contributed by atoms with Crippen LogP contribution in [-0.4, -0.2) is 43.1 Å². The zero-order valence-corrected chi connectivity index (χ0v) is 18.6. The maximum Gasteiger partial charge on any atom is 0.305 e. The van der Waals surface area contributed by atoms with Gasteiger partial charge in [0.1, 0.15) is 18.8 Å². The van der Waals surface area contributed by atoms with Crippen molar-refractivity contribution >= 4 is 11.9 Å². The second kappa shape index (κ2) is 11.8. The minimum Gasteiger partial charge on any atom is -0.463 e. The number of rotatable bonds is 9. The van der Waals surface area contributed by atoms with E-state index in [0.717, 1.165) is 11.1 Å². The van der Waals surface area contributed by atoms with Crippen LogP contribution < -0.4 is 0 Å². The fraction of sp³-hybridized carbons (Fsp3) is 0.440. The van der Waals surface area contributed by atoms with E-state index in [0.29, 0.717) is 13.2 Å². The first-order valence-electron chi connectivity index (χ1n) is 10.7. The molecule has 3 rings (SSSR count). The van der Waals surface area contributed by atoms with Crippen LogP contribution in [0.1, 0.15) is 31.9 Å². The molecule has 7 nitrogen and oxygen atoms in total. The van der Waals surface area contributed by atoms with Gasteiger partial charge in [-0.3, -0.25) is 9.59 Å². The molecule has 1 saturated heterocycles. The van der Waals surface area contributed by atoms with Crippen LogP contribution in [0.2, 0.25) is 0 Å². The molecular weight excluding hydrogens is 412 g/mol. The lowest BCUT2D eigenvalue weighted by molar-refractivity contribution is -0.299. The van der Waals surface area contributed by atoms with Crippen LogP contribution in [0.5, 0.6) is 0 Å². The number of benzene rings is 2. The van der Waals surface area contributed by atoms with Gasteiger partial charge in [-0.2, -0.15) is 0 Å². The summed E-state index contributed by atoms with van der Waals surface area (Å²) in [4.78, 5) is 23.1. The molecular formula is C25H30O7. The molecule has 0 bridgehead atoms. The summed E-state index contributed by atoms with van der Waals surface area (Å²) in [7, 11) is 0. The Morgan fingerprint density at radius 3 is 1.84 bits per heavy atom. The summed E-state index contributed by atoms with van der Waals surface area (Å²) < 4.78 is 29.1. The summed E-state index contributed by atoms with van der Waals surface area (Å²) in [6.07, 6.45) is -2.63. The molecule has 1 fully saturated rings. The lowest BCUT2D eigenvalue weighted by Gasteiger charge is -2.44. The fourth-order valence-electron chi connectivity index (χ4n) is 3.64. The van der Waals surface area contributed by atoms with E-state index in [9.17, 15) is 9.59 Å². The van der Waals surface area contributed by atoms with Gasteiger partial charge in [-0.15, -0.1) is 0 Å². The molecule has 5 atom stereocenters. The zero-order chi connectivity index (χ0) is 22.9. The highest BCUT2D eigenvalue weighted by atomic mass is 16.7. The van der Waals surface area contributed by atoms with Gasteiger partial charge in [0.2, 0.25) is 6.29 Å². The summed E-state index contributed by atoms with van der Waals surface area (Å²) in [5.74, 6) is -1.09. The van der Waals surface area contributed by atoms with Gasteiger partial charge in [-0.1, -0.05) is 67.6 Å². The first-order valence-corrected chi connectivity index (χ1v) is 10.7. The molecule has 0 spiro atoms. The normalized spacial score (nSPS) is 25.2. The Labute approximate surface area is 188 Å². The van der Waals surface area contributed by atoms with Gasteiger partial charge in [0.25, 0.3) is 0 Å². The molecule has 2 aromatic carbocycles. The smallest absolute Gasteiger partial charge is 0.305 e. The van der Waals surface area contributed by atoms with E-state index in [1.165, 1.54) is 13.8 Å². The van der Waals surface area contributed by atoms with Crippen molar-refractivity contribution in [2.45, 2.75) is 58.6 Å². The lowest BCUT2D eigenvalue weighted by atomic mass is 9.90. The monoisotopic (exact) mass is 442 g/mol. The maximum absolute atomic E-state index is 11.8. The maximum atomic E-state index is 11.8. The zero-order valence-electron chi connectivity index (χ0n) is 18.6. The standard InChI is InChI=1S/C25H30O7/c1-17-22(16-28-18(2)26)32-25(31-19(3)27)24(30-15-21-12-8-5-9-13-21)23(17)29-14-20-10-6-4-7-11-20/h4-13,17,22-25H,14-16H2,1-3H3/t17-,22-,23+,24-,25+/m1/s1. The van der Waals surface area contributed by atoms with Gasteiger partial charge >= 0.3 is 11.9 Å². The Balaban J connectivity index is 1.81. The third-order valence-corrected chi connectivity index (χ3v) is 5.31. The van der Waals surface area contributed by atoms with Crippen LogP contribution >= 0.6 is 0 Å². The average molecular weight is 443 g/mol. The van der Waals surface area contributed by atoms with Crippen LogP contribution in [0.15, 0.2) is 60.7 Å². The van der Waals surface area contributed by atoms with E-state index >= 15 is 0 Å². The predicted molar refractivity (Wildman–Crippen MR) is 116 cm³/mol. The highest BCUT2D eigenvalue weighted by molar-refractivity contribution is 5.66. The molecule has 0 aliphatic carbocycles. The van der Waals surface area contributed by atoms with E-state index in [-0.39, 0.29) is 12.5 Å². The molecule has 0 radical (unpaired) electrons. The van der Waals surface area contributed by atoms with Gasteiger partial charge < -0.3 is 23.7 Å². The van der Waals surface area contributed by atoms with E-state index in [4.69, 9.17) is 23.7 Å². The Hall–Kier alpha value is -2.74. The second-order valence-corrected chi connectivity index (χ2v) is 7.84. The average Bonchev–Trinajstić information content (AvgIpc) is 2.78. The van der Waals surface area contributed by atoms with Crippen LogP contribution in [0.4, 0.5) is 0 Å². The summed E-state index contributed by atoms with van der Waals surface area (Å²) in [6.45, 7) is 5.30. The Morgan fingerprint density at radius 1 is 0.812 bits per heavy atom. The molecule has 1 aliphatic heterocycles. The largest absolute Gasteiger partial charge is 0.463 e. The minimum absolute atomic E-state index is 0.0326. The van der Waals surface area contributed by atoms with E-state index in [1.54, 1.807) is 0 Å². The van der Waals surface area contributed by atoms with Crippen molar-refractivity contribution < 1.29 is 33.3 Å². The number of hydrogen-bond donors (Lipinski definition) is 0. The third-order valence-electron chi connectivity index (χ3n) is 5.31. The van der Waals surface area contributed by atoms with E-state index < -0.39 is 36.5 Å². The number of ether oxygens (including phenoxy) is 5. The van der Waals surface area contributed by atoms with E-state index in [1.807, 2.05) is 67.6 Å². The summed E-state index contributed by atoms with van der Waals surface area (Å²) in [6, 6.07) is 19.5. The highest BCUT2D eigenvalue weighted by Gasteiger charge is 2.47. The van der Waals surface area contributed by atoms with Crippen molar-refractivity contribution in [3.8, 4) is 0 Å². The van der Waals surface area contributed by atoms with Gasteiger partial charge in [-0.25, -0.2) is 0 Å². The molecule has 2 aromatic rings. The fourth-order valence-corrected chi connectivity index (χ4v) is 3.64. The van der Waals surface area contributed by atoms with Crippen LogP contribution in [-0.2, 0) is 46.5 Å².